The molecule has 0 radical (unpaired) electrons. The fourth-order valence-electron chi connectivity index (χ4n) is 4.78. The Morgan fingerprint density at radius 2 is 2.07 bits per heavy atom. The summed E-state index contributed by atoms with van der Waals surface area (Å²) >= 11 is 0. The monoisotopic (exact) mass is 418 g/mol. The molecule has 5 atom stereocenters. The lowest BCUT2D eigenvalue weighted by molar-refractivity contribution is -0.147. The van der Waals surface area contributed by atoms with Crippen LogP contribution in [-0.4, -0.2) is 66.9 Å². The lowest BCUT2D eigenvalue weighted by atomic mass is 9.70. The Morgan fingerprint density at radius 3 is 2.77 bits per heavy atom. The van der Waals surface area contributed by atoms with Crippen molar-refractivity contribution in [2.45, 2.75) is 63.7 Å². The molecule has 1 heterocycles. The lowest BCUT2D eigenvalue weighted by Gasteiger charge is -2.45. The molecule has 7 heteroatoms. The zero-order valence-corrected chi connectivity index (χ0v) is 18.2. The Balaban J connectivity index is 1.92. The Bertz CT molecular complexity index is 740. The number of rotatable bonds is 9. The van der Waals surface area contributed by atoms with E-state index < -0.39 is 18.2 Å². The number of carbonyl (C=O) groups excluding carboxylic acids is 2. The SMILES string of the molecule is CCCCC(=O)N(CCOC)[C@@H]1CC(C(=O)NCC)[C@@H]2c3ccccc3O[C@@H]2[C@H]1O. The van der Waals surface area contributed by atoms with Crippen molar-refractivity contribution in [3.63, 3.8) is 0 Å². The first-order chi connectivity index (χ1) is 14.5. The van der Waals surface area contributed by atoms with Crippen LogP contribution in [0, 0.1) is 5.92 Å². The third kappa shape index (κ3) is 4.47. The first kappa shape index (κ1) is 22.6. The Labute approximate surface area is 178 Å². The van der Waals surface area contributed by atoms with Gasteiger partial charge in [-0.15, -0.1) is 0 Å². The predicted molar refractivity (Wildman–Crippen MR) is 113 cm³/mol. The van der Waals surface area contributed by atoms with Crippen LogP contribution in [-0.2, 0) is 14.3 Å². The average Bonchev–Trinajstić information content (AvgIpc) is 3.14. The summed E-state index contributed by atoms with van der Waals surface area (Å²) in [5.74, 6) is 0.0336. The maximum Gasteiger partial charge on any atom is 0.223 e. The second kappa shape index (κ2) is 10.3. The van der Waals surface area contributed by atoms with Crippen molar-refractivity contribution in [3.05, 3.63) is 29.8 Å². The standard InChI is InChI=1S/C23H34N2O5/c1-4-6-11-19(26)25(12-13-29-3)17-14-16(23(28)24-5-2)20-15-9-7-8-10-18(15)30-22(20)21(17)27/h7-10,16-17,20-22,27H,4-6,11-14H2,1-3H3,(H,24,28)/t16?,17-,20+,21+,22+/m1/s1. The van der Waals surface area contributed by atoms with E-state index >= 15 is 0 Å². The van der Waals surface area contributed by atoms with Gasteiger partial charge in [-0.25, -0.2) is 0 Å². The number of hydrogen-bond acceptors (Lipinski definition) is 5. The molecule has 0 aromatic heterocycles. The van der Waals surface area contributed by atoms with E-state index in [9.17, 15) is 14.7 Å². The molecule has 2 N–H and O–H groups in total. The van der Waals surface area contributed by atoms with E-state index in [1.807, 2.05) is 38.1 Å². The number of carbonyl (C=O) groups is 2. The fraction of sp³-hybridized carbons (Fsp3) is 0.652. The zero-order valence-electron chi connectivity index (χ0n) is 18.2. The molecule has 1 saturated carbocycles. The minimum atomic E-state index is -0.879. The third-order valence-corrected chi connectivity index (χ3v) is 6.24. The van der Waals surface area contributed by atoms with Gasteiger partial charge in [0.05, 0.1) is 18.6 Å². The highest BCUT2D eigenvalue weighted by molar-refractivity contribution is 5.81. The first-order valence-corrected chi connectivity index (χ1v) is 11.0. The van der Waals surface area contributed by atoms with Crippen LogP contribution in [0.1, 0.15) is 51.0 Å². The number of aliphatic hydroxyl groups is 1. The molecule has 0 bridgehead atoms. The van der Waals surface area contributed by atoms with E-state index in [0.29, 0.717) is 38.3 Å². The molecular formula is C23H34N2O5. The molecule has 1 fully saturated rings. The van der Waals surface area contributed by atoms with Crippen molar-refractivity contribution in [1.29, 1.82) is 0 Å². The average molecular weight is 419 g/mol. The van der Waals surface area contributed by atoms with Gasteiger partial charge in [0.1, 0.15) is 18.0 Å². The van der Waals surface area contributed by atoms with Crippen molar-refractivity contribution < 1.29 is 24.2 Å². The minimum absolute atomic E-state index is 0.0124. The summed E-state index contributed by atoms with van der Waals surface area (Å²) < 4.78 is 11.3. The van der Waals surface area contributed by atoms with Gasteiger partial charge in [-0.1, -0.05) is 31.5 Å². The number of amides is 2. The van der Waals surface area contributed by atoms with Crippen LogP contribution in [0.3, 0.4) is 0 Å². The molecule has 0 saturated heterocycles. The van der Waals surface area contributed by atoms with Crippen LogP contribution in [0.5, 0.6) is 5.75 Å². The molecule has 2 aliphatic rings. The van der Waals surface area contributed by atoms with Crippen LogP contribution >= 0.6 is 0 Å². The topological polar surface area (TPSA) is 88.1 Å². The van der Waals surface area contributed by atoms with Crippen molar-refractivity contribution in [1.82, 2.24) is 10.2 Å². The van der Waals surface area contributed by atoms with Crippen molar-refractivity contribution in [2.75, 3.05) is 26.8 Å². The molecule has 3 rings (SSSR count). The molecule has 7 nitrogen and oxygen atoms in total. The number of methoxy groups -OCH3 is 1. The summed E-state index contributed by atoms with van der Waals surface area (Å²) in [5, 5.41) is 14.2. The van der Waals surface area contributed by atoms with E-state index in [1.54, 1.807) is 12.0 Å². The summed E-state index contributed by atoms with van der Waals surface area (Å²) in [6.07, 6.45) is 1.09. The van der Waals surface area contributed by atoms with Crippen LogP contribution in [0.4, 0.5) is 0 Å². The Morgan fingerprint density at radius 1 is 1.30 bits per heavy atom. The van der Waals surface area contributed by atoms with Gasteiger partial charge in [0.15, 0.2) is 0 Å². The number of unbranched alkanes of at least 4 members (excludes halogenated alkanes) is 1. The quantitative estimate of drug-likeness (QED) is 0.641. The molecule has 1 aliphatic heterocycles. The number of para-hydroxylation sites is 1. The number of benzene rings is 1. The number of aliphatic hydroxyl groups excluding tert-OH is 1. The number of fused-ring (bicyclic) bond motifs is 3. The number of hydrogen-bond donors (Lipinski definition) is 2. The Kier molecular flexibility index (Phi) is 7.72. The van der Waals surface area contributed by atoms with Crippen LogP contribution in [0.2, 0.25) is 0 Å². The maximum absolute atomic E-state index is 13.0. The van der Waals surface area contributed by atoms with Crippen LogP contribution in [0.15, 0.2) is 24.3 Å². The van der Waals surface area contributed by atoms with E-state index in [-0.39, 0.29) is 23.7 Å². The predicted octanol–water partition coefficient (Wildman–Crippen LogP) is 2.08. The number of nitrogens with zero attached hydrogens (tertiary/aromatic N) is 1. The van der Waals surface area contributed by atoms with Gasteiger partial charge >= 0.3 is 0 Å². The van der Waals surface area contributed by atoms with Crippen molar-refractivity contribution in [3.8, 4) is 5.75 Å². The highest BCUT2D eigenvalue weighted by Crippen LogP contribution is 2.49. The van der Waals surface area contributed by atoms with E-state index in [0.717, 1.165) is 18.4 Å². The van der Waals surface area contributed by atoms with Gasteiger partial charge in [-0.2, -0.15) is 0 Å². The molecule has 1 aromatic carbocycles. The summed E-state index contributed by atoms with van der Waals surface area (Å²) in [4.78, 5) is 27.7. The lowest BCUT2D eigenvalue weighted by Crippen LogP contribution is -2.60. The third-order valence-electron chi connectivity index (χ3n) is 6.24. The van der Waals surface area contributed by atoms with Gasteiger partial charge in [0, 0.05) is 38.1 Å². The zero-order chi connectivity index (χ0) is 21.7. The summed E-state index contributed by atoms with van der Waals surface area (Å²) in [6.45, 7) is 5.23. The van der Waals surface area contributed by atoms with Crippen LogP contribution in [0.25, 0.3) is 0 Å². The molecule has 166 valence electrons. The summed E-state index contributed by atoms with van der Waals surface area (Å²) in [6, 6.07) is 7.16. The van der Waals surface area contributed by atoms with Gasteiger partial charge < -0.3 is 24.8 Å². The highest BCUT2D eigenvalue weighted by atomic mass is 16.5. The van der Waals surface area contributed by atoms with Crippen molar-refractivity contribution in [2.24, 2.45) is 5.92 Å². The van der Waals surface area contributed by atoms with Crippen molar-refractivity contribution >= 4 is 11.8 Å². The first-order valence-electron chi connectivity index (χ1n) is 11.0. The molecule has 1 unspecified atom stereocenters. The van der Waals surface area contributed by atoms with Gasteiger partial charge in [0.25, 0.3) is 0 Å². The largest absolute Gasteiger partial charge is 0.487 e. The van der Waals surface area contributed by atoms with Gasteiger partial charge in [-0.3, -0.25) is 9.59 Å². The molecule has 0 spiro atoms. The Hall–Kier alpha value is -2.12. The summed E-state index contributed by atoms with van der Waals surface area (Å²) in [5.41, 5.74) is 0.956. The summed E-state index contributed by atoms with van der Waals surface area (Å²) in [7, 11) is 1.59. The van der Waals surface area contributed by atoms with Crippen LogP contribution < -0.4 is 10.1 Å². The normalized spacial score (nSPS) is 27.0. The second-order valence-corrected chi connectivity index (χ2v) is 8.12. The minimum Gasteiger partial charge on any atom is -0.487 e. The smallest absolute Gasteiger partial charge is 0.223 e. The van der Waals surface area contributed by atoms with Gasteiger partial charge in [-0.05, 0) is 25.8 Å². The molecule has 1 aliphatic carbocycles. The number of ether oxygens (including phenoxy) is 2. The number of nitrogens with one attached hydrogen (secondary N) is 1. The second-order valence-electron chi connectivity index (χ2n) is 8.12. The molecule has 1 aromatic rings. The van der Waals surface area contributed by atoms with E-state index in [4.69, 9.17) is 9.47 Å². The van der Waals surface area contributed by atoms with E-state index in [2.05, 4.69) is 5.32 Å². The molecular weight excluding hydrogens is 384 g/mol. The highest BCUT2D eigenvalue weighted by Gasteiger charge is 2.54. The molecule has 2 amide bonds. The molecule has 30 heavy (non-hydrogen) atoms. The maximum atomic E-state index is 13.0. The fourth-order valence-corrected chi connectivity index (χ4v) is 4.78. The van der Waals surface area contributed by atoms with Gasteiger partial charge in [0.2, 0.25) is 11.8 Å². The van der Waals surface area contributed by atoms with E-state index in [1.165, 1.54) is 0 Å².